The van der Waals surface area contributed by atoms with Gasteiger partial charge < -0.3 is 19.8 Å². The van der Waals surface area contributed by atoms with E-state index in [9.17, 15) is 5.11 Å². The quantitative estimate of drug-likeness (QED) is 0.185. The number of para-hydroxylation sites is 2. The molecule has 1 N–H and O–H groups in total. The van der Waals surface area contributed by atoms with E-state index in [0.29, 0.717) is 25.2 Å². The first-order valence-electron chi connectivity index (χ1n) is 17.4. The average Bonchev–Trinajstić information content (AvgIpc) is 3.65. The molecule has 0 aromatic heterocycles. The van der Waals surface area contributed by atoms with Crippen LogP contribution in [-0.4, -0.2) is 41.5 Å². The maximum Gasteiger partial charge on any atom is 0.241 e. The van der Waals surface area contributed by atoms with Crippen LogP contribution in [0.15, 0.2) is 133 Å². The van der Waals surface area contributed by atoms with E-state index in [1.165, 1.54) is 0 Å². The molecular weight excluding hydrogens is 606 g/mol. The summed E-state index contributed by atoms with van der Waals surface area (Å²) in [5, 5.41) is 12.8. The Morgan fingerprint density at radius 2 is 1.06 bits per heavy atom. The molecule has 0 unspecified atom stereocenters. The second-order valence-electron chi connectivity index (χ2n) is 13.6. The molecular formula is C43H41N3O3. The minimum atomic E-state index is -1.44. The molecule has 4 atom stereocenters. The van der Waals surface area contributed by atoms with Crippen molar-refractivity contribution in [2.24, 2.45) is 0 Å². The van der Waals surface area contributed by atoms with Gasteiger partial charge in [-0.25, -0.2) is 0 Å². The number of benzene rings is 5. The monoisotopic (exact) mass is 647 g/mol. The summed E-state index contributed by atoms with van der Waals surface area (Å²) in [5.41, 5.74) is 4.30. The first kappa shape index (κ1) is 31.2. The van der Waals surface area contributed by atoms with Gasteiger partial charge in [0.25, 0.3) is 0 Å². The Balaban J connectivity index is 1.41. The third-order valence-electron chi connectivity index (χ3n) is 11.3. The molecule has 8 rings (SSSR count). The summed E-state index contributed by atoms with van der Waals surface area (Å²) >= 11 is 0. The molecule has 1 aliphatic carbocycles. The molecule has 49 heavy (non-hydrogen) atoms. The zero-order chi connectivity index (χ0) is 33.8. The van der Waals surface area contributed by atoms with Crippen molar-refractivity contribution in [1.82, 2.24) is 4.90 Å². The van der Waals surface area contributed by atoms with Crippen molar-refractivity contribution < 1.29 is 14.7 Å². The standard InChI is InChI=1S/C43H41N3O3/c1-3-44(4-2)29-42(34-23-13-15-25-36(34)45(40(42)48)27-30-17-7-5-8-18-30)38-32-21-11-12-22-33(32)39(47)43(38)35-24-14-16-26-37(35)46(41(43)49)28-31-19-9-6-10-20-31/h5-26,38-39,47H,3-4,27-29H2,1-2H3/t38-,39-,42-,43-/m1/s1. The highest BCUT2D eigenvalue weighted by Gasteiger charge is 2.73. The highest BCUT2D eigenvalue weighted by molar-refractivity contribution is 6.14. The predicted molar refractivity (Wildman–Crippen MR) is 193 cm³/mol. The van der Waals surface area contributed by atoms with Gasteiger partial charge in [-0.2, -0.15) is 0 Å². The summed E-state index contributed by atoms with van der Waals surface area (Å²) in [7, 11) is 0. The lowest BCUT2D eigenvalue weighted by molar-refractivity contribution is -0.133. The molecule has 0 bridgehead atoms. The van der Waals surface area contributed by atoms with Gasteiger partial charge >= 0.3 is 0 Å². The van der Waals surface area contributed by atoms with E-state index >= 15 is 9.59 Å². The minimum Gasteiger partial charge on any atom is -0.387 e. The lowest BCUT2D eigenvalue weighted by Crippen LogP contribution is -2.59. The number of hydrogen-bond acceptors (Lipinski definition) is 4. The van der Waals surface area contributed by atoms with E-state index in [2.05, 4.69) is 36.9 Å². The number of nitrogens with zero attached hydrogens (tertiary/aromatic N) is 3. The molecule has 2 aliphatic heterocycles. The second-order valence-corrected chi connectivity index (χ2v) is 13.6. The fourth-order valence-electron chi connectivity index (χ4n) is 9.10. The third kappa shape index (κ3) is 4.47. The number of fused-ring (bicyclic) bond motifs is 4. The smallest absolute Gasteiger partial charge is 0.241 e. The zero-order valence-corrected chi connectivity index (χ0v) is 28.0. The van der Waals surface area contributed by atoms with Crippen molar-refractivity contribution in [2.75, 3.05) is 29.4 Å². The van der Waals surface area contributed by atoms with Crippen LogP contribution in [0, 0.1) is 0 Å². The highest BCUT2D eigenvalue weighted by atomic mass is 16.3. The number of anilines is 2. The number of rotatable bonds is 9. The number of aliphatic hydroxyl groups is 1. The summed E-state index contributed by atoms with van der Waals surface area (Å²) in [6.07, 6.45) is -1.15. The van der Waals surface area contributed by atoms with Crippen LogP contribution in [0.4, 0.5) is 11.4 Å². The first-order valence-corrected chi connectivity index (χ1v) is 17.4. The maximum absolute atomic E-state index is 15.8. The molecule has 0 saturated carbocycles. The second kappa shape index (κ2) is 12.1. The summed E-state index contributed by atoms with van der Waals surface area (Å²) in [6.45, 7) is 6.89. The fraction of sp³-hybridized carbons (Fsp3) is 0.256. The Hall–Kier alpha value is -5.04. The van der Waals surface area contributed by atoms with Gasteiger partial charge in [-0.05, 0) is 58.6 Å². The van der Waals surface area contributed by atoms with Gasteiger partial charge in [0.1, 0.15) is 5.41 Å². The van der Waals surface area contributed by atoms with Crippen LogP contribution in [0.5, 0.6) is 0 Å². The highest BCUT2D eigenvalue weighted by Crippen LogP contribution is 2.68. The molecule has 0 radical (unpaired) electrons. The normalized spacial score (nSPS) is 23.8. The molecule has 0 saturated heterocycles. The van der Waals surface area contributed by atoms with Crippen LogP contribution < -0.4 is 9.80 Å². The third-order valence-corrected chi connectivity index (χ3v) is 11.3. The maximum atomic E-state index is 15.8. The van der Waals surface area contributed by atoms with Crippen LogP contribution in [0.1, 0.15) is 59.3 Å². The molecule has 6 nitrogen and oxygen atoms in total. The summed E-state index contributed by atoms with van der Waals surface area (Å²) in [4.78, 5) is 37.5. The van der Waals surface area contributed by atoms with E-state index in [1.807, 2.05) is 125 Å². The SMILES string of the molecule is CCN(CC)C[C@@]1([C@H]2c3ccccc3[C@@H](O)[C@]23C(=O)N(Cc2ccccc2)c2ccccc23)C(=O)N(Cc2ccccc2)c2ccccc21. The first-order chi connectivity index (χ1) is 24.0. The fourth-order valence-corrected chi connectivity index (χ4v) is 9.10. The van der Waals surface area contributed by atoms with Crippen LogP contribution in [0.3, 0.4) is 0 Å². The molecule has 5 aromatic rings. The number of aliphatic hydroxyl groups excluding tert-OH is 1. The molecule has 1 spiro atoms. The van der Waals surface area contributed by atoms with E-state index < -0.39 is 22.9 Å². The van der Waals surface area contributed by atoms with Crippen molar-refractivity contribution >= 4 is 23.2 Å². The summed E-state index contributed by atoms with van der Waals surface area (Å²) in [6, 6.07) is 43.9. The zero-order valence-electron chi connectivity index (χ0n) is 28.0. The summed E-state index contributed by atoms with van der Waals surface area (Å²) in [5.74, 6) is -0.892. The predicted octanol–water partition coefficient (Wildman–Crippen LogP) is 7.13. The molecule has 2 heterocycles. The van der Waals surface area contributed by atoms with Crippen LogP contribution in [0.25, 0.3) is 0 Å². The molecule has 2 amide bonds. The molecule has 6 heteroatoms. The van der Waals surface area contributed by atoms with Crippen LogP contribution in [-0.2, 0) is 33.5 Å². The van der Waals surface area contributed by atoms with Gasteiger partial charge in [-0.15, -0.1) is 0 Å². The van der Waals surface area contributed by atoms with Gasteiger partial charge in [0.05, 0.1) is 24.6 Å². The van der Waals surface area contributed by atoms with Gasteiger partial charge in [-0.3, -0.25) is 9.59 Å². The van der Waals surface area contributed by atoms with Gasteiger partial charge in [-0.1, -0.05) is 135 Å². The Kier molecular flexibility index (Phi) is 7.73. The largest absolute Gasteiger partial charge is 0.387 e. The van der Waals surface area contributed by atoms with Gasteiger partial charge in [0.2, 0.25) is 11.8 Å². The summed E-state index contributed by atoms with van der Waals surface area (Å²) < 4.78 is 0. The van der Waals surface area contributed by atoms with Crippen molar-refractivity contribution in [2.45, 2.75) is 49.8 Å². The van der Waals surface area contributed by atoms with Gasteiger partial charge in [0.15, 0.2) is 0 Å². The number of amides is 2. The van der Waals surface area contributed by atoms with Crippen molar-refractivity contribution in [3.63, 3.8) is 0 Å². The van der Waals surface area contributed by atoms with Gasteiger partial charge in [0, 0.05) is 23.8 Å². The lowest BCUT2D eigenvalue weighted by Gasteiger charge is -2.46. The number of hydrogen-bond donors (Lipinski definition) is 1. The Morgan fingerprint density at radius 3 is 1.65 bits per heavy atom. The lowest BCUT2D eigenvalue weighted by atomic mass is 9.56. The Morgan fingerprint density at radius 1 is 0.592 bits per heavy atom. The van der Waals surface area contributed by atoms with Crippen molar-refractivity contribution in [3.8, 4) is 0 Å². The van der Waals surface area contributed by atoms with Crippen molar-refractivity contribution in [3.05, 3.63) is 167 Å². The molecule has 246 valence electrons. The Labute approximate surface area is 288 Å². The van der Waals surface area contributed by atoms with Crippen LogP contribution in [0.2, 0.25) is 0 Å². The van der Waals surface area contributed by atoms with E-state index in [0.717, 1.165) is 52.3 Å². The van der Waals surface area contributed by atoms with Crippen molar-refractivity contribution in [1.29, 1.82) is 0 Å². The average molecular weight is 648 g/mol. The number of carbonyl (C=O) groups is 2. The van der Waals surface area contributed by atoms with E-state index in [4.69, 9.17) is 0 Å². The number of carbonyl (C=O) groups excluding carboxylic acids is 2. The van der Waals surface area contributed by atoms with E-state index in [1.54, 1.807) is 0 Å². The topological polar surface area (TPSA) is 64.1 Å². The molecule has 3 aliphatic rings. The van der Waals surface area contributed by atoms with E-state index in [-0.39, 0.29) is 11.8 Å². The van der Waals surface area contributed by atoms with Crippen LogP contribution >= 0.6 is 0 Å². The molecule has 0 fully saturated rings. The number of likely N-dealkylation sites (N-methyl/N-ethyl adjacent to an activating group) is 1. The molecule has 5 aromatic carbocycles. The minimum absolute atomic E-state index is 0.0375. The Bertz CT molecular complexity index is 2030.